The molecule has 1 heterocycles. The van der Waals surface area contributed by atoms with Gasteiger partial charge in [0, 0.05) is 25.0 Å². The van der Waals surface area contributed by atoms with Gasteiger partial charge in [0.2, 0.25) is 0 Å². The summed E-state index contributed by atoms with van der Waals surface area (Å²) in [5, 5.41) is 3.30. The first-order valence-corrected chi connectivity index (χ1v) is 5.04. The molecule has 0 saturated carbocycles. The second-order valence-electron chi connectivity index (χ2n) is 4.26. The average molecular weight is 196 g/mol. The minimum atomic E-state index is 0.0312. The second-order valence-corrected chi connectivity index (χ2v) is 4.26. The predicted octanol–water partition coefficient (Wildman–Crippen LogP) is 1.41. The van der Waals surface area contributed by atoms with Crippen molar-refractivity contribution in [2.45, 2.75) is 26.2 Å². The van der Waals surface area contributed by atoms with Crippen LogP contribution in [0.25, 0.3) is 0 Å². The highest BCUT2D eigenvalue weighted by atomic mass is 16.3. The molecule has 1 aromatic rings. The van der Waals surface area contributed by atoms with Crippen LogP contribution in [0.15, 0.2) is 16.5 Å². The summed E-state index contributed by atoms with van der Waals surface area (Å²) < 4.78 is 5.61. The van der Waals surface area contributed by atoms with Gasteiger partial charge in [-0.3, -0.25) is 0 Å². The molecule has 0 radical (unpaired) electrons. The molecule has 3 N–H and O–H groups in total. The van der Waals surface area contributed by atoms with Crippen LogP contribution in [0.2, 0.25) is 0 Å². The van der Waals surface area contributed by atoms with Gasteiger partial charge in [-0.25, -0.2) is 0 Å². The van der Waals surface area contributed by atoms with E-state index >= 15 is 0 Å². The highest BCUT2D eigenvalue weighted by Gasteiger charge is 2.23. The summed E-state index contributed by atoms with van der Waals surface area (Å²) in [6, 6.07) is 4.04. The van der Waals surface area contributed by atoms with Crippen molar-refractivity contribution >= 4 is 0 Å². The zero-order valence-corrected chi connectivity index (χ0v) is 9.26. The van der Waals surface area contributed by atoms with Crippen molar-refractivity contribution in [2.75, 3.05) is 19.6 Å². The van der Waals surface area contributed by atoms with E-state index in [4.69, 9.17) is 10.2 Å². The fraction of sp³-hybridized carbons (Fsp3) is 0.636. The third-order valence-corrected chi connectivity index (χ3v) is 2.30. The lowest BCUT2D eigenvalue weighted by Gasteiger charge is -2.22. The summed E-state index contributed by atoms with van der Waals surface area (Å²) in [4.78, 5) is 0. The molecule has 0 amide bonds. The molecule has 0 aromatic carbocycles. The summed E-state index contributed by atoms with van der Waals surface area (Å²) in [7, 11) is 0. The van der Waals surface area contributed by atoms with Crippen molar-refractivity contribution in [3.63, 3.8) is 0 Å². The Morgan fingerprint density at radius 3 is 2.64 bits per heavy atom. The largest absolute Gasteiger partial charge is 0.466 e. The summed E-state index contributed by atoms with van der Waals surface area (Å²) in [6.45, 7) is 8.70. The van der Waals surface area contributed by atoms with Gasteiger partial charge in [-0.15, -0.1) is 0 Å². The first-order chi connectivity index (χ1) is 6.56. The van der Waals surface area contributed by atoms with Crippen molar-refractivity contribution in [1.29, 1.82) is 0 Å². The second kappa shape index (κ2) is 4.62. The van der Waals surface area contributed by atoms with E-state index in [0.29, 0.717) is 6.54 Å². The monoisotopic (exact) mass is 196 g/mol. The summed E-state index contributed by atoms with van der Waals surface area (Å²) in [5.41, 5.74) is 5.45. The lowest BCUT2D eigenvalue weighted by Crippen LogP contribution is -2.35. The van der Waals surface area contributed by atoms with E-state index in [2.05, 4.69) is 19.2 Å². The van der Waals surface area contributed by atoms with Crippen molar-refractivity contribution < 1.29 is 4.42 Å². The lowest BCUT2D eigenvalue weighted by molar-refractivity contribution is 0.359. The number of furan rings is 1. The van der Waals surface area contributed by atoms with Gasteiger partial charge in [0.25, 0.3) is 0 Å². The minimum absolute atomic E-state index is 0.0312. The first-order valence-electron chi connectivity index (χ1n) is 5.04. The van der Waals surface area contributed by atoms with Gasteiger partial charge in [-0.05, 0) is 19.1 Å². The molecule has 0 atom stereocenters. The standard InChI is InChI=1S/C11H20N2O/c1-9-4-5-10(14-9)11(2,3)8-13-7-6-12/h4-5,13H,6-8,12H2,1-3H3. The van der Waals surface area contributed by atoms with Crippen LogP contribution in [0.3, 0.4) is 0 Å². The van der Waals surface area contributed by atoms with Crippen molar-refractivity contribution in [3.05, 3.63) is 23.7 Å². The van der Waals surface area contributed by atoms with Crippen LogP contribution in [-0.2, 0) is 5.41 Å². The maximum Gasteiger partial charge on any atom is 0.111 e. The number of hydrogen-bond acceptors (Lipinski definition) is 3. The normalized spacial score (nSPS) is 12.0. The third kappa shape index (κ3) is 2.86. The number of hydrogen-bond donors (Lipinski definition) is 2. The van der Waals surface area contributed by atoms with Gasteiger partial charge in [0.05, 0.1) is 0 Å². The smallest absolute Gasteiger partial charge is 0.111 e. The first kappa shape index (κ1) is 11.3. The molecule has 3 heteroatoms. The lowest BCUT2D eigenvalue weighted by atomic mass is 9.90. The fourth-order valence-corrected chi connectivity index (χ4v) is 1.39. The molecule has 0 unspecified atom stereocenters. The molecule has 0 saturated heterocycles. The van der Waals surface area contributed by atoms with E-state index < -0.39 is 0 Å². The molecule has 0 fully saturated rings. The Balaban J connectivity index is 2.56. The van der Waals surface area contributed by atoms with Crippen LogP contribution < -0.4 is 11.1 Å². The molecule has 0 aliphatic heterocycles. The number of nitrogens with two attached hydrogens (primary N) is 1. The quantitative estimate of drug-likeness (QED) is 0.700. The highest BCUT2D eigenvalue weighted by Crippen LogP contribution is 2.23. The topological polar surface area (TPSA) is 51.2 Å². The molecule has 80 valence electrons. The number of rotatable bonds is 5. The maximum atomic E-state index is 5.61. The van der Waals surface area contributed by atoms with E-state index in [1.807, 2.05) is 19.1 Å². The Kier molecular flexibility index (Phi) is 3.72. The van der Waals surface area contributed by atoms with Gasteiger partial charge >= 0.3 is 0 Å². The molecule has 1 rings (SSSR count). The van der Waals surface area contributed by atoms with E-state index in [1.54, 1.807) is 0 Å². The predicted molar refractivity (Wildman–Crippen MR) is 58.4 cm³/mol. The Bertz CT molecular complexity index is 279. The van der Waals surface area contributed by atoms with Gasteiger partial charge in [0.1, 0.15) is 11.5 Å². The minimum Gasteiger partial charge on any atom is -0.466 e. The molecular weight excluding hydrogens is 176 g/mol. The van der Waals surface area contributed by atoms with E-state index in [9.17, 15) is 0 Å². The summed E-state index contributed by atoms with van der Waals surface area (Å²) in [5.74, 6) is 1.99. The van der Waals surface area contributed by atoms with Crippen LogP contribution in [0, 0.1) is 6.92 Å². The molecule has 0 aliphatic carbocycles. The Morgan fingerprint density at radius 1 is 1.43 bits per heavy atom. The summed E-state index contributed by atoms with van der Waals surface area (Å²) in [6.07, 6.45) is 0. The van der Waals surface area contributed by atoms with Gasteiger partial charge < -0.3 is 15.5 Å². The number of aryl methyl sites for hydroxylation is 1. The Morgan fingerprint density at radius 2 is 2.14 bits per heavy atom. The van der Waals surface area contributed by atoms with Crippen LogP contribution >= 0.6 is 0 Å². The summed E-state index contributed by atoms with van der Waals surface area (Å²) >= 11 is 0. The van der Waals surface area contributed by atoms with Crippen molar-refractivity contribution in [3.8, 4) is 0 Å². The van der Waals surface area contributed by atoms with Crippen LogP contribution in [0.5, 0.6) is 0 Å². The van der Waals surface area contributed by atoms with Crippen LogP contribution in [0.1, 0.15) is 25.4 Å². The molecule has 0 aliphatic rings. The molecule has 0 spiro atoms. The Hall–Kier alpha value is -0.800. The van der Waals surface area contributed by atoms with E-state index in [1.165, 1.54) is 0 Å². The SMILES string of the molecule is Cc1ccc(C(C)(C)CNCCN)o1. The third-order valence-electron chi connectivity index (χ3n) is 2.30. The molecule has 14 heavy (non-hydrogen) atoms. The fourth-order valence-electron chi connectivity index (χ4n) is 1.39. The zero-order valence-electron chi connectivity index (χ0n) is 9.26. The molecule has 0 bridgehead atoms. The maximum absolute atomic E-state index is 5.61. The zero-order chi connectivity index (χ0) is 10.6. The Labute approximate surface area is 85.7 Å². The van der Waals surface area contributed by atoms with Gasteiger partial charge in [0.15, 0.2) is 0 Å². The molecule has 1 aromatic heterocycles. The van der Waals surface area contributed by atoms with Gasteiger partial charge in [-0.1, -0.05) is 13.8 Å². The van der Waals surface area contributed by atoms with E-state index in [0.717, 1.165) is 24.6 Å². The van der Waals surface area contributed by atoms with Crippen molar-refractivity contribution in [2.24, 2.45) is 5.73 Å². The average Bonchev–Trinajstić information content (AvgIpc) is 2.53. The van der Waals surface area contributed by atoms with Crippen LogP contribution in [-0.4, -0.2) is 19.6 Å². The van der Waals surface area contributed by atoms with E-state index in [-0.39, 0.29) is 5.41 Å². The van der Waals surface area contributed by atoms with Crippen LogP contribution in [0.4, 0.5) is 0 Å². The molecular formula is C11H20N2O. The highest BCUT2D eigenvalue weighted by molar-refractivity contribution is 5.15. The van der Waals surface area contributed by atoms with Crippen molar-refractivity contribution in [1.82, 2.24) is 5.32 Å². The molecule has 3 nitrogen and oxygen atoms in total. The number of nitrogens with one attached hydrogen (secondary N) is 1. The van der Waals surface area contributed by atoms with Gasteiger partial charge in [-0.2, -0.15) is 0 Å².